The van der Waals surface area contributed by atoms with Crippen LogP contribution in [0.3, 0.4) is 0 Å². The maximum absolute atomic E-state index is 3.59. The van der Waals surface area contributed by atoms with Crippen LogP contribution in [0.15, 0.2) is 18.2 Å². The summed E-state index contributed by atoms with van der Waals surface area (Å²) in [6.07, 6.45) is 5.37. The minimum atomic E-state index is 0.628. The Morgan fingerprint density at radius 3 is 2.87 bits per heavy atom. The van der Waals surface area contributed by atoms with E-state index >= 15 is 0 Å². The predicted octanol–water partition coefficient (Wildman–Crippen LogP) is 3.16. The number of hydrogen-bond acceptors (Lipinski definition) is 1. The molecule has 1 nitrogen and oxygen atoms in total. The molecule has 0 radical (unpaired) electrons. The van der Waals surface area contributed by atoms with Gasteiger partial charge in [0, 0.05) is 6.04 Å². The molecule has 1 N–H and O–H groups in total. The van der Waals surface area contributed by atoms with Crippen molar-refractivity contribution in [1.82, 2.24) is 5.32 Å². The molecule has 1 aromatic rings. The highest BCUT2D eigenvalue weighted by Gasteiger charge is 2.27. The second kappa shape index (κ2) is 3.64. The van der Waals surface area contributed by atoms with E-state index in [1.807, 2.05) is 0 Å². The van der Waals surface area contributed by atoms with Crippen LogP contribution in [-0.4, -0.2) is 6.54 Å². The van der Waals surface area contributed by atoms with Gasteiger partial charge in [-0.05, 0) is 54.8 Å². The molecular formula is C14H19N. The normalized spacial score (nSPS) is 24.2. The van der Waals surface area contributed by atoms with Gasteiger partial charge in [-0.1, -0.05) is 25.1 Å². The summed E-state index contributed by atoms with van der Waals surface area (Å²) in [5.74, 6) is 0.887. The van der Waals surface area contributed by atoms with Gasteiger partial charge in [-0.25, -0.2) is 0 Å². The quantitative estimate of drug-likeness (QED) is 0.792. The van der Waals surface area contributed by atoms with Crippen LogP contribution in [0.5, 0.6) is 0 Å². The fourth-order valence-corrected chi connectivity index (χ4v) is 2.75. The van der Waals surface area contributed by atoms with Crippen molar-refractivity contribution in [2.75, 3.05) is 6.54 Å². The average Bonchev–Trinajstić information content (AvgIpc) is 3.03. The molecular weight excluding hydrogens is 182 g/mol. The van der Waals surface area contributed by atoms with E-state index in [4.69, 9.17) is 0 Å². The Morgan fingerprint density at radius 2 is 2.13 bits per heavy atom. The third kappa shape index (κ3) is 1.69. The summed E-state index contributed by atoms with van der Waals surface area (Å²) in [5.41, 5.74) is 4.74. The minimum absolute atomic E-state index is 0.628. The van der Waals surface area contributed by atoms with Gasteiger partial charge in [0.25, 0.3) is 0 Å². The van der Waals surface area contributed by atoms with E-state index < -0.39 is 0 Å². The van der Waals surface area contributed by atoms with Gasteiger partial charge >= 0.3 is 0 Å². The van der Waals surface area contributed by atoms with Crippen molar-refractivity contribution < 1.29 is 0 Å². The van der Waals surface area contributed by atoms with E-state index in [2.05, 4.69) is 30.4 Å². The Balaban J connectivity index is 1.91. The molecule has 0 spiro atoms. The van der Waals surface area contributed by atoms with E-state index in [9.17, 15) is 0 Å². The third-order valence-electron chi connectivity index (χ3n) is 3.75. The lowest BCUT2D eigenvalue weighted by atomic mass is 10.0. The molecule has 2 aliphatic rings. The fraction of sp³-hybridized carbons (Fsp3) is 0.571. The van der Waals surface area contributed by atoms with Gasteiger partial charge in [-0.15, -0.1) is 0 Å². The summed E-state index contributed by atoms with van der Waals surface area (Å²) < 4.78 is 0. The summed E-state index contributed by atoms with van der Waals surface area (Å²) in [5, 5.41) is 3.59. The largest absolute Gasteiger partial charge is 0.310 e. The molecule has 15 heavy (non-hydrogen) atoms. The lowest BCUT2D eigenvalue weighted by Gasteiger charge is -2.13. The molecule has 0 heterocycles. The highest BCUT2D eigenvalue weighted by Crippen LogP contribution is 2.42. The van der Waals surface area contributed by atoms with Gasteiger partial charge in [-0.3, -0.25) is 0 Å². The monoisotopic (exact) mass is 201 g/mol. The number of aryl methyl sites for hydroxylation is 1. The zero-order chi connectivity index (χ0) is 10.3. The first-order chi connectivity index (χ1) is 7.38. The summed E-state index contributed by atoms with van der Waals surface area (Å²) in [6, 6.07) is 7.81. The Morgan fingerprint density at radius 1 is 1.27 bits per heavy atom. The fourth-order valence-electron chi connectivity index (χ4n) is 2.75. The van der Waals surface area contributed by atoms with Gasteiger partial charge < -0.3 is 5.32 Å². The summed E-state index contributed by atoms with van der Waals surface area (Å²) >= 11 is 0. The Kier molecular flexibility index (Phi) is 2.28. The topological polar surface area (TPSA) is 12.0 Å². The lowest BCUT2D eigenvalue weighted by Crippen LogP contribution is -2.18. The lowest BCUT2D eigenvalue weighted by molar-refractivity contribution is 0.549. The van der Waals surface area contributed by atoms with Crippen LogP contribution >= 0.6 is 0 Å². The highest BCUT2D eigenvalue weighted by atomic mass is 14.9. The van der Waals surface area contributed by atoms with Crippen LogP contribution in [0.25, 0.3) is 0 Å². The molecule has 1 unspecified atom stereocenters. The second-order valence-electron chi connectivity index (χ2n) is 4.88. The highest BCUT2D eigenvalue weighted by molar-refractivity contribution is 5.40. The van der Waals surface area contributed by atoms with Crippen LogP contribution in [-0.2, 0) is 6.42 Å². The average molecular weight is 201 g/mol. The summed E-state index contributed by atoms with van der Waals surface area (Å²) in [6.45, 7) is 3.28. The van der Waals surface area contributed by atoms with Crippen LogP contribution < -0.4 is 5.32 Å². The van der Waals surface area contributed by atoms with Crippen molar-refractivity contribution in [3.8, 4) is 0 Å². The number of hydrogen-bond donors (Lipinski definition) is 1. The molecule has 0 amide bonds. The molecule has 0 aliphatic heterocycles. The number of rotatable bonds is 3. The third-order valence-corrected chi connectivity index (χ3v) is 3.75. The van der Waals surface area contributed by atoms with Gasteiger partial charge in [0.1, 0.15) is 0 Å². The molecule has 0 saturated heterocycles. The number of nitrogens with one attached hydrogen (secondary N) is 1. The first-order valence-electron chi connectivity index (χ1n) is 6.24. The first kappa shape index (κ1) is 9.41. The molecule has 3 rings (SSSR count). The van der Waals surface area contributed by atoms with Gasteiger partial charge in [0.15, 0.2) is 0 Å². The van der Waals surface area contributed by atoms with E-state index in [0.29, 0.717) is 6.04 Å². The SMILES string of the molecule is CCNC1CCc2ccc(C3CC3)cc21. The first-order valence-corrected chi connectivity index (χ1v) is 6.24. The maximum atomic E-state index is 3.59. The molecule has 0 bridgehead atoms. The molecule has 1 heteroatoms. The van der Waals surface area contributed by atoms with Crippen LogP contribution in [0.2, 0.25) is 0 Å². The van der Waals surface area contributed by atoms with Crippen molar-refractivity contribution in [2.24, 2.45) is 0 Å². The molecule has 1 saturated carbocycles. The van der Waals surface area contributed by atoms with Crippen molar-refractivity contribution in [1.29, 1.82) is 0 Å². The molecule has 0 aromatic heterocycles. The van der Waals surface area contributed by atoms with Crippen molar-refractivity contribution in [3.63, 3.8) is 0 Å². The van der Waals surface area contributed by atoms with Crippen LogP contribution in [0.4, 0.5) is 0 Å². The predicted molar refractivity (Wildman–Crippen MR) is 63.2 cm³/mol. The smallest absolute Gasteiger partial charge is 0.0326 e. The molecule has 80 valence electrons. The summed E-state index contributed by atoms with van der Waals surface area (Å²) in [7, 11) is 0. The van der Waals surface area contributed by atoms with E-state index in [1.54, 1.807) is 16.7 Å². The Labute approximate surface area is 91.9 Å². The van der Waals surface area contributed by atoms with E-state index in [1.165, 1.54) is 25.7 Å². The minimum Gasteiger partial charge on any atom is -0.310 e. The number of fused-ring (bicyclic) bond motifs is 1. The molecule has 1 fully saturated rings. The van der Waals surface area contributed by atoms with E-state index in [0.717, 1.165) is 12.5 Å². The molecule has 1 aromatic carbocycles. The van der Waals surface area contributed by atoms with Crippen molar-refractivity contribution in [3.05, 3.63) is 34.9 Å². The number of benzene rings is 1. The van der Waals surface area contributed by atoms with Gasteiger partial charge in [0.05, 0.1) is 0 Å². The zero-order valence-electron chi connectivity index (χ0n) is 9.42. The molecule has 1 atom stereocenters. The second-order valence-corrected chi connectivity index (χ2v) is 4.88. The van der Waals surface area contributed by atoms with Crippen LogP contribution in [0.1, 0.15) is 54.8 Å². The summed E-state index contributed by atoms with van der Waals surface area (Å²) in [4.78, 5) is 0. The standard InChI is InChI=1S/C14H19N/c1-2-15-14-8-7-11-5-6-12(9-13(11)14)10-3-4-10/h5-6,9-10,14-15H,2-4,7-8H2,1H3. The van der Waals surface area contributed by atoms with Gasteiger partial charge in [-0.2, -0.15) is 0 Å². The Bertz CT molecular complexity index is 364. The van der Waals surface area contributed by atoms with Crippen molar-refractivity contribution in [2.45, 2.75) is 44.6 Å². The maximum Gasteiger partial charge on any atom is 0.0326 e. The Hall–Kier alpha value is -0.820. The van der Waals surface area contributed by atoms with Crippen LogP contribution in [0, 0.1) is 0 Å². The zero-order valence-corrected chi connectivity index (χ0v) is 9.42. The van der Waals surface area contributed by atoms with E-state index in [-0.39, 0.29) is 0 Å². The molecule has 2 aliphatic carbocycles. The van der Waals surface area contributed by atoms with Crippen molar-refractivity contribution >= 4 is 0 Å². The van der Waals surface area contributed by atoms with Gasteiger partial charge in [0.2, 0.25) is 0 Å².